The van der Waals surface area contributed by atoms with E-state index in [1.165, 1.54) is 5.56 Å². The molecular weight excluding hydrogens is 287 g/mol. The lowest BCUT2D eigenvalue weighted by molar-refractivity contribution is 0.413. The van der Waals surface area contributed by atoms with Gasteiger partial charge >= 0.3 is 0 Å². The summed E-state index contributed by atoms with van der Waals surface area (Å²) < 4.78 is 6.37. The summed E-state index contributed by atoms with van der Waals surface area (Å²) in [5.41, 5.74) is 1.28. The molecule has 1 aromatic carbocycles. The second-order valence-corrected chi connectivity index (χ2v) is 5.88. The van der Waals surface area contributed by atoms with Crippen LogP contribution in [-0.2, 0) is 6.42 Å². The zero-order valence-corrected chi connectivity index (χ0v) is 12.3. The third-order valence-electron chi connectivity index (χ3n) is 2.55. The lowest BCUT2D eigenvalue weighted by atomic mass is 9.97. The van der Waals surface area contributed by atoms with Gasteiger partial charge in [0.15, 0.2) is 0 Å². The van der Waals surface area contributed by atoms with Crippen molar-refractivity contribution in [2.24, 2.45) is 5.92 Å². The van der Waals surface area contributed by atoms with Gasteiger partial charge in [-0.15, -0.1) is 11.6 Å². The van der Waals surface area contributed by atoms with E-state index in [0.29, 0.717) is 5.92 Å². The maximum atomic E-state index is 6.00. The first kappa shape index (κ1) is 13.9. The van der Waals surface area contributed by atoms with Crippen molar-refractivity contribution in [3.63, 3.8) is 0 Å². The number of methoxy groups -OCH3 is 1. The van der Waals surface area contributed by atoms with Crippen LogP contribution in [0.5, 0.6) is 5.75 Å². The first-order valence-corrected chi connectivity index (χ1v) is 6.72. The van der Waals surface area contributed by atoms with Gasteiger partial charge in [-0.3, -0.25) is 0 Å². The molecule has 1 rings (SSSR count). The molecule has 90 valence electrons. The van der Waals surface area contributed by atoms with Crippen molar-refractivity contribution in [1.82, 2.24) is 0 Å². The highest BCUT2D eigenvalue weighted by atomic mass is 79.9. The number of hydrogen-bond donors (Lipinski definition) is 0. The Labute approximate surface area is 111 Å². The van der Waals surface area contributed by atoms with Crippen molar-refractivity contribution >= 4 is 27.5 Å². The van der Waals surface area contributed by atoms with Gasteiger partial charge in [0, 0.05) is 9.85 Å². The fraction of sp³-hybridized carbons (Fsp3) is 0.538. The Morgan fingerprint density at radius 2 is 2.06 bits per heavy atom. The van der Waals surface area contributed by atoms with Crippen LogP contribution in [0.15, 0.2) is 22.7 Å². The minimum absolute atomic E-state index is 0.236. The fourth-order valence-corrected chi connectivity index (χ4v) is 2.56. The number of benzene rings is 1. The molecule has 0 heterocycles. The van der Waals surface area contributed by atoms with Crippen molar-refractivity contribution in [3.05, 3.63) is 28.2 Å². The number of alkyl halides is 1. The Hall–Kier alpha value is -0.210. The maximum Gasteiger partial charge on any atom is 0.119 e. The molecule has 2 atom stereocenters. The first-order valence-electron chi connectivity index (χ1n) is 5.49. The van der Waals surface area contributed by atoms with E-state index in [4.69, 9.17) is 16.3 Å². The normalized spacial score (nSPS) is 14.6. The van der Waals surface area contributed by atoms with Crippen molar-refractivity contribution in [3.8, 4) is 5.75 Å². The van der Waals surface area contributed by atoms with E-state index in [-0.39, 0.29) is 5.38 Å². The van der Waals surface area contributed by atoms with Gasteiger partial charge in [-0.2, -0.15) is 0 Å². The average molecular weight is 306 g/mol. The molecule has 0 spiro atoms. The highest BCUT2D eigenvalue weighted by Crippen LogP contribution is 2.26. The molecule has 2 unspecified atom stereocenters. The quantitative estimate of drug-likeness (QED) is 0.719. The van der Waals surface area contributed by atoms with Crippen LogP contribution in [0, 0.1) is 5.92 Å². The van der Waals surface area contributed by atoms with Crippen LogP contribution >= 0.6 is 27.5 Å². The minimum atomic E-state index is 0.236. The number of hydrogen-bond acceptors (Lipinski definition) is 1. The topological polar surface area (TPSA) is 9.23 Å². The van der Waals surface area contributed by atoms with E-state index in [9.17, 15) is 0 Å². The Balaban J connectivity index is 2.71. The molecule has 0 aromatic heterocycles. The summed E-state index contributed by atoms with van der Waals surface area (Å²) in [5, 5.41) is 0.236. The van der Waals surface area contributed by atoms with Gasteiger partial charge in [0.1, 0.15) is 5.75 Å². The van der Waals surface area contributed by atoms with Crippen molar-refractivity contribution < 1.29 is 4.74 Å². The van der Waals surface area contributed by atoms with Crippen LogP contribution in [0.4, 0.5) is 0 Å². The predicted octanol–water partition coefficient (Wildman–Crippen LogP) is 4.65. The smallest absolute Gasteiger partial charge is 0.119 e. The molecule has 3 heteroatoms. The molecule has 0 radical (unpaired) electrons. The van der Waals surface area contributed by atoms with Gasteiger partial charge in [0.25, 0.3) is 0 Å². The first-order chi connectivity index (χ1) is 7.52. The van der Waals surface area contributed by atoms with Gasteiger partial charge in [-0.25, -0.2) is 0 Å². The average Bonchev–Trinajstić information content (AvgIpc) is 2.20. The van der Waals surface area contributed by atoms with Gasteiger partial charge in [-0.1, -0.05) is 22.9 Å². The summed E-state index contributed by atoms with van der Waals surface area (Å²) >= 11 is 9.57. The summed E-state index contributed by atoms with van der Waals surface area (Å²) in [6.07, 6.45) is 2.06. The van der Waals surface area contributed by atoms with Crippen LogP contribution in [-0.4, -0.2) is 12.5 Å². The van der Waals surface area contributed by atoms with Crippen LogP contribution in [0.25, 0.3) is 0 Å². The molecule has 0 fully saturated rings. The van der Waals surface area contributed by atoms with E-state index in [1.807, 2.05) is 19.1 Å². The SMILES string of the molecule is COc1ccc(Br)c(CC(C)CC(C)Cl)c1. The summed E-state index contributed by atoms with van der Waals surface area (Å²) in [6, 6.07) is 6.08. The molecular formula is C13H18BrClO. The van der Waals surface area contributed by atoms with Gasteiger partial charge in [-0.05, 0) is 49.4 Å². The molecule has 0 bridgehead atoms. The number of ether oxygens (including phenoxy) is 1. The van der Waals surface area contributed by atoms with Gasteiger partial charge < -0.3 is 4.74 Å². The van der Waals surface area contributed by atoms with Gasteiger partial charge in [0.05, 0.1) is 7.11 Å². The summed E-state index contributed by atoms with van der Waals surface area (Å²) in [5.74, 6) is 1.49. The Morgan fingerprint density at radius 3 is 2.62 bits per heavy atom. The second kappa shape index (κ2) is 6.51. The third kappa shape index (κ3) is 4.34. The molecule has 0 saturated heterocycles. The Kier molecular flexibility index (Phi) is 5.63. The van der Waals surface area contributed by atoms with E-state index < -0.39 is 0 Å². The van der Waals surface area contributed by atoms with Crippen LogP contribution in [0.3, 0.4) is 0 Å². The second-order valence-electron chi connectivity index (χ2n) is 4.28. The molecule has 0 amide bonds. The molecule has 0 aliphatic heterocycles. The highest BCUT2D eigenvalue weighted by molar-refractivity contribution is 9.10. The lowest BCUT2D eigenvalue weighted by Gasteiger charge is -2.14. The number of halogens is 2. The molecule has 0 saturated carbocycles. The van der Waals surface area contributed by atoms with E-state index in [0.717, 1.165) is 23.1 Å². The molecule has 1 aromatic rings. The summed E-state index contributed by atoms with van der Waals surface area (Å²) in [4.78, 5) is 0. The van der Waals surface area contributed by atoms with E-state index in [1.54, 1.807) is 7.11 Å². The van der Waals surface area contributed by atoms with E-state index in [2.05, 4.69) is 28.9 Å². The van der Waals surface area contributed by atoms with Crippen molar-refractivity contribution in [2.75, 3.05) is 7.11 Å². The zero-order valence-electron chi connectivity index (χ0n) is 9.97. The zero-order chi connectivity index (χ0) is 12.1. The largest absolute Gasteiger partial charge is 0.497 e. The van der Waals surface area contributed by atoms with Crippen LogP contribution in [0.2, 0.25) is 0 Å². The van der Waals surface area contributed by atoms with Crippen molar-refractivity contribution in [2.45, 2.75) is 32.1 Å². The summed E-state index contributed by atoms with van der Waals surface area (Å²) in [6.45, 7) is 4.27. The minimum Gasteiger partial charge on any atom is -0.497 e. The fourth-order valence-electron chi connectivity index (χ4n) is 1.85. The molecule has 0 aliphatic carbocycles. The maximum absolute atomic E-state index is 6.00. The molecule has 16 heavy (non-hydrogen) atoms. The van der Waals surface area contributed by atoms with Gasteiger partial charge in [0.2, 0.25) is 0 Å². The Morgan fingerprint density at radius 1 is 1.38 bits per heavy atom. The van der Waals surface area contributed by atoms with Crippen LogP contribution < -0.4 is 4.74 Å². The number of rotatable bonds is 5. The standard InChI is InChI=1S/C13H18BrClO/c1-9(6-10(2)15)7-11-8-12(16-3)4-5-13(11)14/h4-5,8-10H,6-7H2,1-3H3. The predicted molar refractivity (Wildman–Crippen MR) is 73.5 cm³/mol. The highest BCUT2D eigenvalue weighted by Gasteiger charge is 2.10. The molecule has 0 N–H and O–H groups in total. The van der Waals surface area contributed by atoms with Crippen molar-refractivity contribution in [1.29, 1.82) is 0 Å². The van der Waals surface area contributed by atoms with E-state index >= 15 is 0 Å². The molecule has 1 nitrogen and oxygen atoms in total. The summed E-state index contributed by atoms with van der Waals surface area (Å²) in [7, 11) is 1.69. The third-order valence-corrected chi connectivity index (χ3v) is 3.50. The lowest BCUT2D eigenvalue weighted by Crippen LogP contribution is -2.06. The van der Waals surface area contributed by atoms with Crippen LogP contribution in [0.1, 0.15) is 25.8 Å². The molecule has 0 aliphatic rings. The monoisotopic (exact) mass is 304 g/mol. The Bertz CT molecular complexity index is 339.